The summed E-state index contributed by atoms with van der Waals surface area (Å²) in [6.07, 6.45) is 0. The number of carbonyl (C=O) groups is 1. The van der Waals surface area contributed by atoms with Crippen molar-refractivity contribution in [2.24, 2.45) is 0 Å². The Morgan fingerprint density at radius 1 is 1.47 bits per heavy atom. The van der Waals surface area contributed by atoms with E-state index in [0.29, 0.717) is 0 Å². The zero-order chi connectivity index (χ0) is 11.1. The zero-order valence-corrected chi connectivity index (χ0v) is 10.9. The molecule has 4 heteroatoms. The van der Waals surface area contributed by atoms with Gasteiger partial charge in [-0.1, -0.05) is 0 Å². The van der Waals surface area contributed by atoms with Gasteiger partial charge in [-0.2, -0.15) is 0 Å². The van der Waals surface area contributed by atoms with Gasteiger partial charge >= 0.3 is 99.6 Å². The van der Waals surface area contributed by atoms with Crippen LogP contribution in [0.5, 0.6) is 0 Å². The first-order valence-electron chi connectivity index (χ1n) is 4.65. The van der Waals surface area contributed by atoms with E-state index in [0.717, 1.165) is 5.56 Å². The van der Waals surface area contributed by atoms with E-state index in [4.69, 9.17) is 9.84 Å². The van der Waals surface area contributed by atoms with Crippen molar-refractivity contribution in [3.63, 3.8) is 0 Å². The van der Waals surface area contributed by atoms with Crippen LogP contribution in [0.3, 0.4) is 0 Å². The van der Waals surface area contributed by atoms with E-state index in [2.05, 4.69) is 4.97 Å². The molecule has 1 aromatic rings. The first-order chi connectivity index (χ1) is 7.29. The topological polar surface area (TPSA) is 46.5 Å². The van der Waals surface area contributed by atoms with E-state index in [9.17, 15) is 4.79 Å². The van der Waals surface area contributed by atoms with Crippen molar-refractivity contribution < 1.29 is 14.6 Å². The molecule has 82 valence electrons. The molecule has 0 aromatic heterocycles. The fraction of sp³-hybridized carbons (Fsp3) is 0.364. The Bertz CT molecular complexity index is 300. The standard InChI is InChI=1S/C11H14O3Te/c1-15-10(11(13)14-8-7-12)9-5-3-2-4-6-9/h2-6,10,12H,7-8H2,1H3. The van der Waals surface area contributed by atoms with Crippen LogP contribution in [0.25, 0.3) is 0 Å². The van der Waals surface area contributed by atoms with Gasteiger partial charge in [-0.25, -0.2) is 0 Å². The maximum atomic E-state index is 11.6. The Kier molecular flexibility index (Phi) is 5.70. The predicted molar refractivity (Wildman–Crippen MR) is 58.8 cm³/mol. The fourth-order valence-electron chi connectivity index (χ4n) is 1.22. The van der Waals surface area contributed by atoms with Crippen LogP contribution in [0.4, 0.5) is 0 Å². The minimum atomic E-state index is -0.425. The van der Waals surface area contributed by atoms with Crippen LogP contribution in [0.1, 0.15) is 9.53 Å². The normalized spacial score (nSPS) is 12.1. The number of carbonyl (C=O) groups excluding carboxylic acids is 1. The average molecular weight is 322 g/mol. The molecule has 0 saturated carbocycles. The molecule has 1 N–H and O–H groups in total. The Morgan fingerprint density at radius 2 is 2.13 bits per heavy atom. The molecule has 1 unspecified atom stereocenters. The molecule has 0 saturated heterocycles. The van der Waals surface area contributed by atoms with E-state index in [1.165, 1.54) is 0 Å². The van der Waals surface area contributed by atoms with Crippen molar-refractivity contribution in [3.05, 3.63) is 35.9 Å². The van der Waals surface area contributed by atoms with Crippen molar-refractivity contribution in [3.8, 4) is 0 Å². The van der Waals surface area contributed by atoms with Gasteiger partial charge in [0, 0.05) is 0 Å². The van der Waals surface area contributed by atoms with Crippen molar-refractivity contribution >= 4 is 26.9 Å². The van der Waals surface area contributed by atoms with E-state index in [1.807, 2.05) is 30.3 Å². The van der Waals surface area contributed by atoms with Crippen LogP contribution in [-0.2, 0) is 9.53 Å². The van der Waals surface area contributed by atoms with Gasteiger partial charge in [0.05, 0.1) is 0 Å². The minimum absolute atomic E-state index is 0.0924. The Morgan fingerprint density at radius 3 is 2.67 bits per heavy atom. The van der Waals surface area contributed by atoms with E-state index < -0.39 is 20.9 Å². The van der Waals surface area contributed by atoms with E-state index in [-0.39, 0.29) is 23.1 Å². The first kappa shape index (κ1) is 12.5. The molecule has 0 heterocycles. The third-order valence-electron chi connectivity index (χ3n) is 1.89. The van der Waals surface area contributed by atoms with Crippen molar-refractivity contribution in [1.82, 2.24) is 0 Å². The SMILES string of the molecule is C[Te]C(C(=O)OCCO)c1ccccc1. The summed E-state index contributed by atoms with van der Waals surface area (Å²) >= 11 is -0.425. The van der Waals surface area contributed by atoms with Crippen LogP contribution in [0.2, 0.25) is 4.97 Å². The molecule has 0 radical (unpaired) electrons. The molecule has 0 spiro atoms. The zero-order valence-electron chi connectivity index (χ0n) is 8.55. The van der Waals surface area contributed by atoms with Gasteiger partial charge in [0.25, 0.3) is 0 Å². The molecular formula is C11H14O3Te. The van der Waals surface area contributed by atoms with Crippen LogP contribution in [-0.4, -0.2) is 45.2 Å². The van der Waals surface area contributed by atoms with Crippen LogP contribution >= 0.6 is 0 Å². The van der Waals surface area contributed by atoms with Gasteiger partial charge in [-0.05, 0) is 0 Å². The van der Waals surface area contributed by atoms with Gasteiger partial charge < -0.3 is 0 Å². The molecule has 0 aliphatic heterocycles. The van der Waals surface area contributed by atoms with Crippen molar-refractivity contribution in [1.29, 1.82) is 0 Å². The molecule has 0 aliphatic rings. The third kappa shape index (κ3) is 3.83. The molecule has 1 aromatic carbocycles. The second kappa shape index (κ2) is 6.84. The molecule has 0 aliphatic carbocycles. The summed E-state index contributed by atoms with van der Waals surface area (Å²) in [5.74, 6) is -0.208. The van der Waals surface area contributed by atoms with Gasteiger partial charge in [0.1, 0.15) is 0 Å². The molecule has 15 heavy (non-hydrogen) atoms. The number of hydrogen-bond donors (Lipinski definition) is 1. The summed E-state index contributed by atoms with van der Waals surface area (Å²) in [5.41, 5.74) is 1.02. The number of esters is 1. The van der Waals surface area contributed by atoms with Crippen LogP contribution in [0, 0.1) is 0 Å². The summed E-state index contributed by atoms with van der Waals surface area (Å²) in [5, 5.41) is 8.57. The summed E-state index contributed by atoms with van der Waals surface area (Å²) in [7, 11) is 0. The van der Waals surface area contributed by atoms with Gasteiger partial charge in [-0.15, -0.1) is 0 Å². The predicted octanol–water partition coefficient (Wildman–Crippen LogP) is 1.02. The quantitative estimate of drug-likeness (QED) is 0.650. The summed E-state index contributed by atoms with van der Waals surface area (Å²) in [6, 6.07) is 9.66. The van der Waals surface area contributed by atoms with Crippen molar-refractivity contribution in [2.45, 2.75) is 8.94 Å². The van der Waals surface area contributed by atoms with E-state index in [1.54, 1.807) is 0 Å². The molecule has 1 rings (SSSR count). The number of benzene rings is 1. The number of ether oxygens (including phenoxy) is 1. The van der Waals surface area contributed by atoms with E-state index >= 15 is 0 Å². The second-order valence-electron chi connectivity index (χ2n) is 2.92. The number of aliphatic hydroxyl groups is 1. The first-order valence-corrected chi connectivity index (χ1v) is 8.32. The second-order valence-corrected chi connectivity index (χ2v) is 5.61. The number of hydrogen-bond acceptors (Lipinski definition) is 3. The van der Waals surface area contributed by atoms with Crippen LogP contribution < -0.4 is 0 Å². The summed E-state index contributed by atoms with van der Waals surface area (Å²) < 4.78 is 4.85. The maximum absolute atomic E-state index is 11.6. The summed E-state index contributed by atoms with van der Waals surface area (Å²) in [6.45, 7) is -0.0212. The molecule has 3 nitrogen and oxygen atoms in total. The monoisotopic (exact) mass is 324 g/mol. The van der Waals surface area contributed by atoms with Crippen LogP contribution in [0.15, 0.2) is 30.3 Å². The van der Waals surface area contributed by atoms with Gasteiger partial charge in [-0.3, -0.25) is 0 Å². The summed E-state index contributed by atoms with van der Waals surface area (Å²) in [4.78, 5) is 13.7. The number of rotatable bonds is 5. The fourth-order valence-corrected chi connectivity index (χ4v) is 3.19. The molecule has 1 atom stereocenters. The Hall–Kier alpha value is -0.560. The molecule has 0 fully saturated rings. The van der Waals surface area contributed by atoms with Gasteiger partial charge in [0.15, 0.2) is 0 Å². The molecular weight excluding hydrogens is 308 g/mol. The average Bonchev–Trinajstić information content (AvgIpc) is 2.29. The third-order valence-corrected chi connectivity index (χ3v) is 4.56. The van der Waals surface area contributed by atoms with Crippen molar-refractivity contribution in [2.75, 3.05) is 13.2 Å². The number of aliphatic hydroxyl groups excluding tert-OH is 1. The Labute approximate surface area is 99.5 Å². The Balaban J connectivity index is 2.67. The van der Waals surface area contributed by atoms with Gasteiger partial charge in [0.2, 0.25) is 0 Å². The molecule has 0 bridgehead atoms. The molecule has 0 amide bonds.